The third-order valence-corrected chi connectivity index (χ3v) is 6.14. The molecular formula is C26H25N3O5S. The number of amides is 2. The van der Waals surface area contributed by atoms with Crippen molar-refractivity contribution in [3.8, 4) is 11.5 Å². The van der Waals surface area contributed by atoms with E-state index in [4.69, 9.17) is 13.9 Å². The number of nitrogens with one attached hydrogen (secondary N) is 1. The van der Waals surface area contributed by atoms with Crippen LogP contribution in [0.2, 0.25) is 0 Å². The molecule has 0 saturated carbocycles. The number of rotatable bonds is 8. The molecule has 2 heterocycles. The van der Waals surface area contributed by atoms with E-state index in [0.717, 1.165) is 10.4 Å². The van der Waals surface area contributed by atoms with Gasteiger partial charge in [-0.1, -0.05) is 12.1 Å². The Kier molecular flexibility index (Phi) is 7.47. The van der Waals surface area contributed by atoms with Crippen molar-refractivity contribution in [3.05, 3.63) is 99.2 Å². The Labute approximate surface area is 206 Å². The van der Waals surface area contributed by atoms with Crippen LogP contribution >= 0.6 is 11.3 Å². The number of hydrogen-bond donors (Lipinski definition) is 1. The highest BCUT2D eigenvalue weighted by atomic mass is 32.1. The fourth-order valence-corrected chi connectivity index (χ4v) is 4.35. The first-order valence-corrected chi connectivity index (χ1v) is 11.7. The molecule has 0 aliphatic heterocycles. The van der Waals surface area contributed by atoms with Crippen LogP contribution in [0.4, 0.5) is 0 Å². The lowest BCUT2D eigenvalue weighted by atomic mass is 10.1. The van der Waals surface area contributed by atoms with Crippen LogP contribution in [0, 0.1) is 6.92 Å². The van der Waals surface area contributed by atoms with Crippen molar-refractivity contribution in [1.29, 1.82) is 0 Å². The van der Waals surface area contributed by atoms with Crippen molar-refractivity contribution in [3.63, 3.8) is 0 Å². The van der Waals surface area contributed by atoms with E-state index < -0.39 is 0 Å². The normalized spacial score (nSPS) is 11.3. The van der Waals surface area contributed by atoms with Gasteiger partial charge in [0.2, 0.25) is 0 Å². The van der Waals surface area contributed by atoms with Crippen molar-refractivity contribution in [1.82, 2.24) is 9.88 Å². The van der Waals surface area contributed by atoms with E-state index in [9.17, 15) is 9.59 Å². The third kappa shape index (κ3) is 5.88. The Bertz CT molecular complexity index is 1400. The van der Waals surface area contributed by atoms with Crippen LogP contribution in [0.5, 0.6) is 11.5 Å². The monoisotopic (exact) mass is 491 g/mol. The molecule has 2 amide bonds. The van der Waals surface area contributed by atoms with Crippen molar-refractivity contribution in [2.75, 3.05) is 14.2 Å². The van der Waals surface area contributed by atoms with Crippen LogP contribution in [0.15, 0.2) is 76.5 Å². The van der Waals surface area contributed by atoms with Gasteiger partial charge < -0.3 is 23.8 Å². The molecule has 0 unspecified atom stereocenters. The number of methoxy groups -OCH3 is 2. The van der Waals surface area contributed by atoms with Crippen LogP contribution in [-0.2, 0) is 13.1 Å². The lowest BCUT2D eigenvalue weighted by Gasteiger charge is -2.08. The molecule has 0 radical (unpaired) electrons. The maximum absolute atomic E-state index is 12.9. The Balaban J connectivity index is 1.54. The van der Waals surface area contributed by atoms with Crippen LogP contribution in [0.3, 0.4) is 0 Å². The van der Waals surface area contributed by atoms with Crippen LogP contribution < -0.4 is 19.6 Å². The van der Waals surface area contributed by atoms with Gasteiger partial charge in [0.05, 0.1) is 27.0 Å². The molecule has 4 rings (SSSR count). The minimum Gasteiger partial charge on any atom is -0.493 e. The zero-order valence-corrected chi connectivity index (χ0v) is 20.4. The minimum atomic E-state index is -0.382. The zero-order chi connectivity index (χ0) is 24.8. The second-order valence-electron chi connectivity index (χ2n) is 7.70. The Hall–Kier alpha value is -4.11. The number of carbonyl (C=O) groups is 2. The summed E-state index contributed by atoms with van der Waals surface area (Å²) in [5.41, 5.74) is 1.85. The van der Waals surface area contributed by atoms with E-state index in [2.05, 4.69) is 10.3 Å². The smallest absolute Gasteiger partial charge is 0.279 e. The van der Waals surface area contributed by atoms with Gasteiger partial charge in [0.1, 0.15) is 5.76 Å². The first kappa shape index (κ1) is 24.0. The first-order chi connectivity index (χ1) is 17.0. The van der Waals surface area contributed by atoms with Gasteiger partial charge in [0.15, 0.2) is 16.3 Å². The zero-order valence-electron chi connectivity index (χ0n) is 19.6. The first-order valence-electron chi connectivity index (χ1n) is 10.8. The number of hydrogen-bond acceptors (Lipinski definition) is 6. The highest BCUT2D eigenvalue weighted by molar-refractivity contribution is 7.09. The van der Waals surface area contributed by atoms with Gasteiger partial charge in [-0.2, -0.15) is 4.99 Å². The molecule has 8 nitrogen and oxygen atoms in total. The van der Waals surface area contributed by atoms with E-state index in [0.29, 0.717) is 46.3 Å². The topological polar surface area (TPSA) is 95.1 Å². The number of furan rings is 1. The van der Waals surface area contributed by atoms with Crippen molar-refractivity contribution in [2.24, 2.45) is 4.99 Å². The van der Waals surface area contributed by atoms with Gasteiger partial charge in [-0.15, -0.1) is 11.3 Å². The highest BCUT2D eigenvalue weighted by Crippen LogP contribution is 2.27. The molecule has 0 aliphatic rings. The summed E-state index contributed by atoms with van der Waals surface area (Å²) in [7, 11) is 3.06. The quantitative estimate of drug-likeness (QED) is 0.399. The van der Waals surface area contributed by atoms with Crippen LogP contribution in [0.1, 0.15) is 36.9 Å². The predicted molar refractivity (Wildman–Crippen MR) is 132 cm³/mol. The average Bonchev–Trinajstić information content (AvgIpc) is 3.51. The van der Waals surface area contributed by atoms with Crippen LogP contribution in [-0.4, -0.2) is 30.6 Å². The highest BCUT2D eigenvalue weighted by Gasteiger charge is 2.12. The third-order valence-electron chi connectivity index (χ3n) is 5.21. The summed E-state index contributed by atoms with van der Waals surface area (Å²) in [5, 5.41) is 2.85. The standard InChI is InChI=1S/C26H25N3O5S/c1-17-15-29(26(35-17)28-25(31)20-9-10-22(32-2)23(13-20)33-3)16-18-6-4-7-19(12-18)24(30)27-14-21-8-5-11-34-21/h4-13,15H,14,16H2,1-3H3,(H,27,30). The molecule has 2 aromatic heterocycles. The van der Waals surface area contributed by atoms with Gasteiger partial charge in [-0.05, 0) is 55.0 Å². The summed E-state index contributed by atoms with van der Waals surface area (Å²) in [6, 6.07) is 15.9. The molecule has 35 heavy (non-hydrogen) atoms. The molecule has 1 N–H and O–H groups in total. The van der Waals surface area contributed by atoms with Gasteiger partial charge in [0.25, 0.3) is 11.8 Å². The van der Waals surface area contributed by atoms with E-state index in [-0.39, 0.29) is 11.8 Å². The molecule has 0 fully saturated rings. The summed E-state index contributed by atoms with van der Waals surface area (Å²) in [5.74, 6) is 1.12. The maximum Gasteiger partial charge on any atom is 0.279 e. The van der Waals surface area contributed by atoms with Crippen molar-refractivity contribution in [2.45, 2.75) is 20.0 Å². The number of aromatic nitrogens is 1. The largest absolute Gasteiger partial charge is 0.493 e. The van der Waals surface area contributed by atoms with E-state index in [1.165, 1.54) is 18.4 Å². The summed E-state index contributed by atoms with van der Waals surface area (Å²) in [6.45, 7) is 2.73. The Morgan fingerprint density at radius 1 is 1.03 bits per heavy atom. The fraction of sp³-hybridized carbons (Fsp3) is 0.192. The molecule has 9 heteroatoms. The lowest BCUT2D eigenvalue weighted by Crippen LogP contribution is -2.23. The number of nitrogens with zero attached hydrogens (tertiary/aromatic N) is 2. The van der Waals surface area contributed by atoms with Crippen molar-refractivity contribution >= 4 is 23.2 Å². The number of benzene rings is 2. The minimum absolute atomic E-state index is 0.191. The molecule has 0 bridgehead atoms. The van der Waals surface area contributed by atoms with Crippen molar-refractivity contribution < 1.29 is 23.5 Å². The molecule has 2 aromatic carbocycles. The molecule has 4 aromatic rings. The maximum atomic E-state index is 12.9. The van der Waals surface area contributed by atoms with E-state index in [1.807, 2.05) is 35.9 Å². The van der Waals surface area contributed by atoms with Gasteiger partial charge in [0, 0.05) is 28.7 Å². The number of carbonyl (C=O) groups excluding carboxylic acids is 2. The van der Waals surface area contributed by atoms with E-state index >= 15 is 0 Å². The fourth-order valence-electron chi connectivity index (χ4n) is 3.51. The summed E-state index contributed by atoms with van der Waals surface area (Å²) >= 11 is 1.42. The van der Waals surface area contributed by atoms with Crippen LogP contribution in [0.25, 0.3) is 0 Å². The molecule has 0 spiro atoms. The number of aryl methyl sites for hydroxylation is 1. The summed E-state index contributed by atoms with van der Waals surface area (Å²) < 4.78 is 17.7. The van der Waals surface area contributed by atoms with Gasteiger partial charge >= 0.3 is 0 Å². The Morgan fingerprint density at radius 3 is 2.60 bits per heavy atom. The summed E-state index contributed by atoms with van der Waals surface area (Å²) in [4.78, 5) is 31.4. The predicted octanol–water partition coefficient (Wildman–Crippen LogP) is 4.19. The van der Waals surface area contributed by atoms with Gasteiger partial charge in [-0.25, -0.2) is 0 Å². The molecule has 0 atom stereocenters. The summed E-state index contributed by atoms with van der Waals surface area (Å²) in [6.07, 6.45) is 3.51. The molecule has 180 valence electrons. The molecule has 0 saturated heterocycles. The lowest BCUT2D eigenvalue weighted by molar-refractivity contribution is 0.0946. The number of thiazole rings is 1. The van der Waals surface area contributed by atoms with Gasteiger partial charge in [-0.3, -0.25) is 9.59 Å². The second-order valence-corrected chi connectivity index (χ2v) is 8.91. The average molecular weight is 492 g/mol. The van der Waals surface area contributed by atoms with E-state index in [1.54, 1.807) is 49.8 Å². The number of ether oxygens (including phenoxy) is 2. The SMILES string of the molecule is COc1ccc(C(=O)N=c2sc(C)cn2Cc2cccc(C(=O)NCc3ccco3)c2)cc1OC. The molecular weight excluding hydrogens is 466 g/mol. The second kappa shape index (κ2) is 10.9. The molecule has 0 aliphatic carbocycles. The Morgan fingerprint density at radius 2 is 1.86 bits per heavy atom.